The van der Waals surface area contributed by atoms with E-state index < -0.39 is 28.5 Å². The lowest BCUT2D eigenvalue weighted by Crippen LogP contribution is -2.39. The summed E-state index contributed by atoms with van der Waals surface area (Å²) in [6.45, 7) is 3.67. The Labute approximate surface area is 152 Å². The molecule has 0 N–H and O–H groups in total. The second-order valence-electron chi connectivity index (χ2n) is 7.87. The van der Waals surface area contributed by atoms with Gasteiger partial charge in [0.25, 0.3) is 0 Å². The van der Waals surface area contributed by atoms with E-state index in [0.29, 0.717) is 0 Å². The van der Waals surface area contributed by atoms with E-state index in [2.05, 4.69) is 0 Å². The van der Waals surface area contributed by atoms with Crippen LogP contribution in [0.2, 0.25) is 0 Å². The van der Waals surface area contributed by atoms with E-state index >= 15 is 0 Å². The first-order chi connectivity index (χ1) is 12.4. The van der Waals surface area contributed by atoms with Crippen molar-refractivity contribution in [1.82, 2.24) is 0 Å². The number of fused-ring (bicyclic) bond motifs is 2. The maximum Gasteiger partial charge on any atom is 0.172 e. The summed E-state index contributed by atoms with van der Waals surface area (Å²) in [4.78, 5) is 26.6. The average Bonchev–Trinajstić information content (AvgIpc) is 3.53. The lowest BCUT2D eigenvalue weighted by atomic mass is 9.78. The van der Waals surface area contributed by atoms with Gasteiger partial charge in [0.05, 0.1) is 12.5 Å². The summed E-state index contributed by atoms with van der Waals surface area (Å²) in [6, 6.07) is 17.6. The third-order valence-electron chi connectivity index (χ3n) is 6.81. The van der Waals surface area contributed by atoms with Gasteiger partial charge in [0.2, 0.25) is 0 Å². The van der Waals surface area contributed by atoms with Gasteiger partial charge in [0, 0.05) is 11.3 Å². The predicted molar refractivity (Wildman–Crippen MR) is 95.1 cm³/mol. The lowest BCUT2D eigenvalue weighted by Gasteiger charge is -2.23. The van der Waals surface area contributed by atoms with E-state index in [1.54, 1.807) is 14.0 Å². The molecule has 0 aromatic heterocycles. The first-order valence-electron chi connectivity index (χ1n) is 8.89. The van der Waals surface area contributed by atoms with Crippen molar-refractivity contribution in [2.45, 2.75) is 31.0 Å². The summed E-state index contributed by atoms with van der Waals surface area (Å²) in [5.74, 6) is 0.380. The van der Waals surface area contributed by atoms with Gasteiger partial charge < -0.3 is 9.47 Å². The van der Waals surface area contributed by atoms with E-state index in [1.807, 2.05) is 61.5 Å². The number of methoxy groups -OCH3 is 1. The van der Waals surface area contributed by atoms with E-state index in [-0.39, 0.29) is 11.6 Å². The Balaban J connectivity index is 1.78. The van der Waals surface area contributed by atoms with Crippen LogP contribution in [0.1, 0.15) is 25.0 Å². The van der Waals surface area contributed by atoms with Gasteiger partial charge in [-0.05, 0) is 30.2 Å². The number of hydrogen-bond donors (Lipinski definition) is 0. The highest BCUT2D eigenvalue weighted by Crippen LogP contribution is 2.78. The van der Waals surface area contributed by atoms with Crippen LogP contribution in [-0.2, 0) is 19.7 Å². The Morgan fingerprint density at radius 3 is 2.31 bits per heavy atom. The fraction of sp³-hybridized carbons (Fsp3) is 0.364. The minimum atomic E-state index is -0.948. The number of epoxide rings is 1. The van der Waals surface area contributed by atoms with E-state index in [9.17, 15) is 9.59 Å². The Morgan fingerprint density at radius 2 is 1.62 bits per heavy atom. The molecule has 1 aliphatic heterocycles. The van der Waals surface area contributed by atoms with Crippen LogP contribution in [-0.4, -0.2) is 30.4 Å². The highest BCUT2D eigenvalue weighted by Gasteiger charge is 2.90. The van der Waals surface area contributed by atoms with Gasteiger partial charge in [-0.2, -0.15) is 0 Å². The molecule has 4 nitrogen and oxygen atoms in total. The molecule has 0 bridgehead atoms. The molecule has 5 atom stereocenters. The van der Waals surface area contributed by atoms with E-state index in [4.69, 9.17) is 9.47 Å². The van der Waals surface area contributed by atoms with Crippen LogP contribution < -0.4 is 4.74 Å². The monoisotopic (exact) mass is 348 g/mol. The van der Waals surface area contributed by atoms with Gasteiger partial charge >= 0.3 is 0 Å². The first-order valence-corrected chi connectivity index (χ1v) is 8.89. The molecule has 2 saturated carbocycles. The molecule has 2 aromatic rings. The Kier molecular flexibility index (Phi) is 2.81. The third-order valence-corrected chi connectivity index (χ3v) is 6.81. The largest absolute Gasteiger partial charge is 0.497 e. The maximum absolute atomic E-state index is 13.3. The summed E-state index contributed by atoms with van der Waals surface area (Å²) in [6.07, 6.45) is -0.604. The minimum Gasteiger partial charge on any atom is -0.497 e. The fourth-order valence-corrected chi connectivity index (χ4v) is 5.34. The van der Waals surface area contributed by atoms with Gasteiger partial charge in [-0.15, -0.1) is 0 Å². The standard InChI is InChI=1S/C22H20O4/c1-20-16(17(23)21(2)19(26-21)18(20)24)22(20,13-8-5-4-6-9-13)14-10-7-11-15(12-14)25-3/h4-12,16,19H,1-3H3/t16-,19?,20+,21?,22+/m1/s1. The highest BCUT2D eigenvalue weighted by atomic mass is 16.6. The van der Waals surface area contributed by atoms with Gasteiger partial charge in [-0.25, -0.2) is 0 Å². The van der Waals surface area contributed by atoms with Crippen molar-refractivity contribution in [2.24, 2.45) is 11.3 Å². The summed E-state index contributed by atoms with van der Waals surface area (Å²) in [5, 5.41) is 0. The highest BCUT2D eigenvalue weighted by molar-refractivity contribution is 6.17. The second kappa shape index (κ2) is 4.63. The Hall–Kier alpha value is -2.46. The Morgan fingerprint density at radius 1 is 0.923 bits per heavy atom. The van der Waals surface area contributed by atoms with Gasteiger partial charge in [-0.1, -0.05) is 49.4 Å². The smallest absolute Gasteiger partial charge is 0.172 e. The molecule has 2 aromatic carbocycles. The number of benzene rings is 2. The van der Waals surface area contributed by atoms with Crippen molar-refractivity contribution in [1.29, 1.82) is 0 Å². The molecule has 4 heteroatoms. The average molecular weight is 348 g/mol. The molecule has 26 heavy (non-hydrogen) atoms. The summed E-state index contributed by atoms with van der Waals surface area (Å²) in [7, 11) is 1.62. The predicted octanol–water partition coefficient (Wildman–Crippen LogP) is 2.93. The zero-order chi connectivity index (χ0) is 18.3. The van der Waals surface area contributed by atoms with Crippen LogP contribution in [0.5, 0.6) is 5.75 Å². The number of carbonyl (C=O) groups excluding carboxylic acids is 2. The zero-order valence-electron chi connectivity index (χ0n) is 15.0. The SMILES string of the molecule is COc1cccc([C@@]2(c3ccccc3)[C@@H]3C(=O)C4(C)OC4C(=O)[C@]32C)c1. The molecule has 0 spiro atoms. The van der Waals surface area contributed by atoms with Gasteiger partial charge in [0.1, 0.15) is 5.75 Å². The number of hydrogen-bond acceptors (Lipinski definition) is 4. The summed E-state index contributed by atoms with van der Waals surface area (Å²) in [5.41, 5.74) is -0.471. The van der Waals surface area contributed by atoms with Crippen molar-refractivity contribution in [3.8, 4) is 5.75 Å². The topological polar surface area (TPSA) is 55.9 Å². The Bertz CT molecular complexity index is 950. The molecular weight excluding hydrogens is 328 g/mol. The molecular formula is C22H20O4. The molecule has 5 rings (SSSR count). The zero-order valence-corrected chi connectivity index (χ0v) is 15.0. The van der Waals surface area contributed by atoms with Crippen molar-refractivity contribution < 1.29 is 19.1 Å². The number of Topliss-reactive ketones (excluding diaryl/α,β-unsaturated/α-hetero) is 2. The summed E-state index contributed by atoms with van der Waals surface area (Å²) < 4.78 is 11.0. The van der Waals surface area contributed by atoms with Crippen LogP contribution >= 0.6 is 0 Å². The number of rotatable bonds is 3. The van der Waals surface area contributed by atoms with Crippen LogP contribution in [0.3, 0.4) is 0 Å². The third kappa shape index (κ3) is 1.51. The van der Waals surface area contributed by atoms with Crippen molar-refractivity contribution in [2.75, 3.05) is 7.11 Å². The molecule has 132 valence electrons. The molecule has 1 heterocycles. The molecule has 2 aliphatic carbocycles. The van der Waals surface area contributed by atoms with Gasteiger partial charge in [0.15, 0.2) is 23.3 Å². The molecule has 1 saturated heterocycles. The second-order valence-corrected chi connectivity index (χ2v) is 7.87. The lowest BCUT2D eigenvalue weighted by molar-refractivity contribution is -0.132. The fourth-order valence-electron chi connectivity index (χ4n) is 5.34. The molecule has 0 radical (unpaired) electrons. The van der Waals surface area contributed by atoms with Crippen LogP contribution in [0.15, 0.2) is 54.6 Å². The van der Waals surface area contributed by atoms with Crippen molar-refractivity contribution in [3.05, 3.63) is 65.7 Å². The molecule has 2 unspecified atom stereocenters. The number of ether oxygens (including phenoxy) is 2. The van der Waals surface area contributed by atoms with Crippen LogP contribution in [0.4, 0.5) is 0 Å². The quantitative estimate of drug-likeness (QED) is 0.801. The first kappa shape index (κ1) is 15.8. The number of carbonyl (C=O) groups is 2. The van der Waals surface area contributed by atoms with Crippen molar-refractivity contribution in [3.63, 3.8) is 0 Å². The van der Waals surface area contributed by atoms with Crippen molar-refractivity contribution >= 4 is 11.6 Å². The summed E-state index contributed by atoms with van der Waals surface area (Å²) >= 11 is 0. The molecule has 0 amide bonds. The van der Waals surface area contributed by atoms with Crippen LogP contribution in [0.25, 0.3) is 0 Å². The van der Waals surface area contributed by atoms with Gasteiger partial charge in [-0.3, -0.25) is 9.59 Å². The molecule has 3 fully saturated rings. The minimum absolute atomic E-state index is 0.0382. The van der Waals surface area contributed by atoms with E-state index in [0.717, 1.165) is 16.9 Å². The normalized spacial score (nSPS) is 39.8. The number of ketones is 2. The molecule has 3 aliphatic rings. The van der Waals surface area contributed by atoms with Crippen LogP contribution in [0, 0.1) is 11.3 Å². The maximum atomic E-state index is 13.3. The van der Waals surface area contributed by atoms with E-state index in [1.165, 1.54) is 0 Å².